The number of benzene rings is 1. The van der Waals surface area contributed by atoms with Gasteiger partial charge in [-0.25, -0.2) is 8.42 Å². The number of sulfone groups is 1. The van der Waals surface area contributed by atoms with Gasteiger partial charge < -0.3 is 5.73 Å². The molecule has 0 atom stereocenters. The molecule has 1 aromatic carbocycles. The largest absolute Gasteiger partial charge is 0.396 e. The van der Waals surface area contributed by atoms with Crippen LogP contribution >= 0.6 is 15.9 Å². The number of halogens is 1. The molecule has 9 heteroatoms. The van der Waals surface area contributed by atoms with E-state index in [4.69, 9.17) is 5.73 Å². The van der Waals surface area contributed by atoms with Crippen LogP contribution in [0.4, 0.5) is 11.4 Å². The Balaban J connectivity index is 2.47. The van der Waals surface area contributed by atoms with E-state index in [-0.39, 0.29) is 21.8 Å². The first kappa shape index (κ1) is 15.4. The van der Waals surface area contributed by atoms with Crippen molar-refractivity contribution >= 4 is 37.1 Å². The molecule has 2 N–H and O–H groups in total. The number of hydrogen-bond donors (Lipinski definition) is 1. The quantitative estimate of drug-likeness (QED) is 0.650. The summed E-state index contributed by atoms with van der Waals surface area (Å²) in [5.74, 6) is -0.509. The van der Waals surface area contributed by atoms with E-state index in [0.717, 1.165) is 0 Å². The minimum absolute atomic E-state index is 0.0114. The fourth-order valence-corrected chi connectivity index (χ4v) is 3.63. The summed E-state index contributed by atoms with van der Waals surface area (Å²) in [6.07, 6.45) is 2.53. The molecular weight excluding hydrogens is 362 g/mol. The second kappa shape index (κ2) is 5.78. The molecule has 0 spiro atoms. The van der Waals surface area contributed by atoms with E-state index in [0.29, 0.717) is 4.47 Å². The number of pyridine rings is 1. The standard InChI is InChI=1S/C12H10BrN3O4S/c13-9-2-1-8(11(5-9)16(17)18)7-21(19,20)12-3-4-15-6-10(12)14/h1-6H,7,14H2. The molecule has 0 saturated heterocycles. The SMILES string of the molecule is Nc1cnccc1S(=O)(=O)Cc1ccc(Br)cc1[N+](=O)[O-]. The lowest BCUT2D eigenvalue weighted by molar-refractivity contribution is -0.385. The smallest absolute Gasteiger partial charge is 0.274 e. The van der Waals surface area contributed by atoms with Crippen LogP contribution in [0.15, 0.2) is 46.0 Å². The molecule has 1 aromatic heterocycles. The van der Waals surface area contributed by atoms with Gasteiger partial charge in [0.2, 0.25) is 0 Å². The Morgan fingerprint density at radius 3 is 2.67 bits per heavy atom. The van der Waals surface area contributed by atoms with Crippen molar-refractivity contribution in [2.45, 2.75) is 10.6 Å². The van der Waals surface area contributed by atoms with Crippen LogP contribution in [0.1, 0.15) is 5.56 Å². The number of aromatic nitrogens is 1. The summed E-state index contributed by atoms with van der Waals surface area (Å²) in [5.41, 5.74) is 5.44. The molecule has 2 rings (SSSR count). The lowest BCUT2D eigenvalue weighted by Crippen LogP contribution is -2.09. The van der Waals surface area contributed by atoms with Crippen LogP contribution in [0.2, 0.25) is 0 Å². The highest BCUT2D eigenvalue weighted by atomic mass is 79.9. The van der Waals surface area contributed by atoms with Gasteiger partial charge in [0.15, 0.2) is 9.84 Å². The first-order valence-electron chi connectivity index (χ1n) is 5.66. The highest BCUT2D eigenvalue weighted by Gasteiger charge is 2.23. The Morgan fingerprint density at radius 2 is 2.05 bits per heavy atom. The van der Waals surface area contributed by atoms with E-state index < -0.39 is 20.5 Å². The van der Waals surface area contributed by atoms with Crippen molar-refractivity contribution in [3.63, 3.8) is 0 Å². The van der Waals surface area contributed by atoms with Gasteiger partial charge in [0.1, 0.15) is 0 Å². The molecule has 7 nitrogen and oxygen atoms in total. The number of nitrogens with two attached hydrogens (primary N) is 1. The maximum absolute atomic E-state index is 12.3. The van der Waals surface area contributed by atoms with Gasteiger partial charge in [-0.3, -0.25) is 15.1 Å². The van der Waals surface area contributed by atoms with E-state index in [1.54, 1.807) is 6.07 Å². The topological polar surface area (TPSA) is 116 Å². The summed E-state index contributed by atoms with van der Waals surface area (Å²) in [7, 11) is -3.80. The summed E-state index contributed by atoms with van der Waals surface area (Å²) in [5, 5.41) is 11.0. The molecule has 21 heavy (non-hydrogen) atoms. The Bertz CT molecular complexity index is 808. The molecule has 1 heterocycles. The van der Waals surface area contributed by atoms with Gasteiger partial charge in [-0.15, -0.1) is 0 Å². The third-order valence-electron chi connectivity index (χ3n) is 2.73. The van der Waals surface area contributed by atoms with Gasteiger partial charge in [-0.05, 0) is 12.1 Å². The summed E-state index contributed by atoms with van der Waals surface area (Å²) >= 11 is 3.12. The lowest BCUT2D eigenvalue weighted by Gasteiger charge is -2.07. The molecule has 0 amide bonds. The average molecular weight is 372 g/mol. The first-order chi connectivity index (χ1) is 9.81. The second-order valence-corrected chi connectivity index (χ2v) is 7.08. The number of anilines is 1. The van der Waals surface area contributed by atoms with E-state index >= 15 is 0 Å². The van der Waals surface area contributed by atoms with Gasteiger partial charge in [0.05, 0.1) is 27.5 Å². The molecule has 0 fully saturated rings. The van der Waals surface area contributed by atoms with Crippen molar-refractivity contribution in [3.8, 4) is 0 Å². The summed E-state index contributed by atoms with van der Waals surface area (Å²) < 4.78 is 25.2. The zero-order chi connectivity index (χ0) is 15.6. The number of nitro benzene ring substituents is 1. The number of nitrogen functional groups attached to an aromatic ring is 1. The minimum atomic E-state index is -3.80. The van der Waals surface area contributed by atoms with Gasteiger partial charge in [-0.1, -0.05) is 22.0 Å². The number of nitro groups is 1. The second-order valence-electron chi connectivity index (χ2n) is 4.20. The molecule has 2 aromatic rings. The molecule has 110 valence electrons. The van der Waals surface area contributed by atoms with Crippen LogP contribution in [0.5, 0.6) is 0 Å². The Kier molecular flexibility index (Phi) is 4.24. The predicted molar refractivity (Wildman–Crippen MR) is 80.3 cm³/mol. The van der Waals surface area contributed by atoms with Gasteiger partial charge in [-0.2, -0.15) is 0 Å². The molecular formula is C12H10BrN3O4S. The van der Waals surface area contributed by atoms with Crippen molar-refractivity contribution in [3.05, 3.63) is 56.8 Å². The normalized spacial score (nSPS) is 11.3. The average Bonchev–Trinajstić information content (AvgIpc) is 2.40. The summed E-state index contributed by atoms with van der Waals surface area (Å²) in [6.45, 7) is 0. The predicted octanol–water partition coefficient (Wildman–Crippen LogP) is 2.31. The van der Waals surface area contributed by atoms with Crippen LogP contribution < -0.4 is 5.73 Å². The van der Waals surface area contributed by atoms with E-state index in [9.17, 15) is 18.5 Å². The van der Waals surface area contributed by atoms with Crippen molar-refractivity contribution < 1.29 is 13.3 Å². The van der Waals surface area contributed by atoms with Gasteiger partial charge in [0.25, 0.3) is 5.69 Å². The van der Waals surface area contributed by atoms with Crippen LogP contribution in [0.25, 0.3) is 0 Å². The van der Waals surface area contributed by atoms with Crippen LogP contribution in [-0.2, 0) is 15.6 Å². The van der Waals surface area contributed by atoms with Crippen molar-refractivity contribution in [1.29, 1.82) is 0 Å². The monoisotopic (exact) mass is 371 g/mol. The molecule has 0 bridgehead atoms. The van der Waals surface area contributed by atoms with Crippen LogP contribution in [0, 0.1) is 10.1 Å². The third kappa shape index (κ3) is 3.37. The minimum Gasteiger partial charge on any atom is -0.396 e. The maximum atomic E-state index is 12.3. The van der Waals surface area contributed by atoms with Crippen LogP contribution in [-0.4, -0.2) is 18.3 Å². The highest BCUT2D eigenvalue weighted by molar-refractivity contribution is 9.10. The summed E-state index contributed by atoms with van der Waals surface area (Å²) in [6, 6.07) is 5.49. The maximum Gasteiger partial charge on any atom is 0.274 e. The molecule has 0 aliphatic carbocycles. The van der Waals surface area contributed by atoms with Crippen molar-refractivity contribution in [2.75, 3.05) is 5.73 Å². The highest BCUT2D eigenvalue weighted by Crippen LogP contribution is 2.28. The molecule has 0 aliphatic heterocycles. The fraction of sp³-hybridized carbons (Fsp3) is 0.0833. The summed E-state index contributed by atoms with van der Waals surface area (Å²) in [4.78, 5) is 14.0. The first-order valence-corrected chi connectivity index (χ1v) is 8.11. The van der Waals surface area contributed by atoms with Crippen molar-refractivity contribution in [1.82, 2.24) is 4.98 Å². The fourth-order valence-electron chi connectivity index (χ4n) is 1.79. The Morgan fingerprint density at radius 1 is 1.33 bits per heavy atom. The van der Waals surface area contributed by atoms with E-state index in [2.05, 4.69) is 20.9 Å². The van der Waals surface area contributed by atoms with Crippen molar-refractivity contribution in [2.24, 2.45) is 0 Å². The molecule has 0 unspecified atom stereocenters. The lowest BCUT2D eigenvalue weighted by atomic mass is 10.2. The number of hydrogen-bond acceptors (Lipinski definition) is 6. The number of nitrogens with zero attached hydrogens (tertiary/aromatic N) is 2. The molecule has 0 saturated carbocycles. The van der Waals surface area contributed by atoms with Gasteiger partial charge >= 0.3 is 0 Å². The third-order valence-corrected chi connectivity index (χ3v) is 4.96. The van der Waals surface area contributed by atoms with E-state index in [1.807, 2.05) is 0 Å². The zero-order valence-corrected chi connectivity index (χ0v) is 13.0. The Labute approximate surface area is 129 Å². The zero-order valence-electron chi connectivity index (χ0n) is 10.6. The van der Waals surface area contributed by atoms with E-state index in [1.165, 1.54) is 30.6 Å². The van der Waals surface area contributed by atoms with Crippen LogP contribution in [0.3, 0.4) is 0 Å². The molecule has 0 aliphatic rings. The number of rotatable bonds is 4. The van der Waals surface area contributed by atoms with Gasteiger partial charge in [0, 0.05) is 22.3 Å². The molecule has 0 radical (unpaired) electrons. The Hall–Kier alpha value is -2.00.